The van der Waals surface area contributed by atoms with E-state index in [2.05, 4.69) is 31.9 Å². The van der Waals surface area contributed by atoms with E-state index in [0.717, 1.165) is 52.7 Å². The minimum atomic E-state index is -0.401. The van der Waals surface area contributed by atoms with Crippen LogP contribution < -0.4 is 5.32 Å². The van der Waals surface area contributed by atoms with Crippen molar-refractivity contribution in [3.05, 3.63) is 52.5 Å². The Bertz CT molecular complexity index is 1130. The van der Waals surface area contributed by atoms with Gasteiger partial charge in [0.05, 0.1) is 28.1 Å². The standard InChI is InChI=1S/C23H21BrN4O/c24-18-6-4-17(5-7-18)22-27-19-8-1-15(12-25)11-20(19)28(22)14-23(9-10-26-13-23)21(29)16-2-3-16/h1,4-8,11,16,26H,2-3,9-10,13-14H2/t23-/m0/s1. The molecule has 1 N–H and O–H groups in total. The van der Waals surface area contributed by atoms with Gasteiger partial charge >= 0.3 is 0 Å². The van der Waals surface area contributed by atoms with Crippen LogP contribution in [0.3, 0.4) is 0 Å². The summed E-state index contributed by atoms with van der Waals surface area (Å²) in [5, 5.41) is 12.8. The lowest BCUT2D eigenvalue weighted by Gasteiger charge is -2.28. The van der Waals surface area contributed by atoms with Crippen LogP contribution in [-0.4, -0.2) is 28.4 Å². The molecule has 5 nitrogen and oxygen atoms in total. The fraction of sp³-hybridized carbons (Fsp3) is 0.348. The molecule has 1 aromatic heterocycles. The molecule has 1 atom stereocenters. The quantitative estimate of drug-likeness (QED) is 0.631. The molecular formula is C23H21BrN4O. The Morgan fingerprint density at radius 1 is 1.28 bits per heavy atom. The lowest BCUT2D eigenvalue weighted by atomic mass is 9.80. The van der Waals surface area contributed by atoms with Crippen molar-refractivity contribution in [2.75, 3.05) is 13.1 Å². The van der Waals surface area contributed by atoms with Crippen LogP contribution in [0.1, 0.15) is 24.8 Å². The third kappa shape index (κ3) is 3.29. The Balaban J connectivity index is 1.67. The first kappa shape index (κ1) is 18.5. The highest BCUT2D eigenvalue weighted by Gasteiger charge is 2.48. The zero-order chi connectivity index (χ0) is 20.0. The Morgan fingerprint density at radius 2 is 2.07 bits per heavy atom. The van der Waals surface area contributed by atoms with Gasteiger partial charge in [0.25, 0.3) is 0 Å². The van der Waals surface area contributed by atoms with Gasteiger partial charge in [0, 0.05) is 29.0 Å². The van der Waals surface area contributed by atoms with Gasteiger partial charge in [-0.25, -0.2) is 4.98 Å². The van der Waals surface area contributed by atoms with E-state index in [4.69, 9.17) is 4.98 Å². The molecule has 0 bridgehead atoms. The molecule has 6 heteroatoms. The van der Waals surface area contributed by atoms with Gasteiger partial charge in [-0.1, -0.05) is 28.1 Å². The number of Topliss-reactive ketones (excluding diaryl/α,β-unsaturated/α-hetero) is 1. The maximum Gasteiger partial charge on any atom is 0.145 e. The predicted octanol–water partition coefficient (Wildman–Crippen LogP) is 4.30. The molecule has 3 aromatic rings. The smallest absolute Gasteiger partial charge is 0.145 e. The summed E-state index contributed by atoms with van der Waals surface area (Å²) in [4.78, 5) is 18.2. The fourth-order valence-electron chi connectivity index (χ4n) is 4.42. The second kappa shape index (κ2) is 7.08. The molecule has 0 spiro atoms. The van der Waals surface area contributed by atoms with Gasteiger partial charge in [-0.3, -0.25) is 4.79 Å². The molecule has 0 unspecified atom stereocenters. The van der Waals surface area contributed by atoms with Crippen molar-refractivity contribution in [1.82, 2.24) is 14.9 Å². The van der Waals surface area contributed by atoms with E-state index in [-0.39, 0.29) is 5.92 Å². The highest BCUT2D eigenvalue weighted by molar-refractivity contribution is 9.10. The fourth-order valence-corrected chi connectivity index (χ4v) is 4.68. The molecular weight excluding hydrogens is 428 g/mol. The summed E-state index contributed by atoms with van der Waals surface area (Å²) in [5.74, 6) is 1.45. The number of ketones is 1. The van der Waals surface area contributed by atoms with Crippen LogP contribution in [0, 0.1) is 22.7 Å². The molecule has 2 fully saturated rings. The van der Waals surface area contributed by atoms with Crippen LogP contribution >= 0.6 is 15.9 Å². The summed E-state index contributed by atoms with van der Waals surface area (Å²) < 4.78 is 3.17. The molecule has 29 heavy (non-hydrogen) atoms. The number of benzene rings is 2. The van der Waals surface area contributed by atoms with Gasteiger partial charge < -0.3 is 9.88 Å². The second-order valence-corrected chi connectivity index (χ2v) is 9.11. The lowest BCUT2D eigenvalue weighted by Crippen LogP contribution is -2.39. The van der Waals surface area contributed by atoms with E-state index in [1.807, 2.05) is 36.4 Å². The number of rotatable bonds is 5. The summed E-state index contributed by atoms with van der Waals surface area (Å²) >= 11 is 3.50. The van der Waals surface area contributed by atoms with Crippen molar-refractivity contribution >= 4 is 32.7 Å². The summed E-state index contributed by atoms with van der Waals surface area (Å²) in [6.07, 6.45) is 2.88. The number of carbonyl (C=O) groups is 1. The van der Waals surface area contributed by atoms with Crippen LogP contribution in [0.25, 0.3) is 22.4 Å². The van der Waals surface area contributed by atoms with Crippen molar-refractivity contribution in [1.29, 1.82) is 5.26 Å². The molecule has 146 valence electrons. The number of aromatic nitrogens is 2. The summed E-state index contributed by atoms with van der Waals surface area (Å²) in [7, 11) is 0. The van der Waals surface area contributed by atoms with Crippen LogP contribution in [0.2, 0.25) is 0 Å². The van der Waals surface area contributed by atoms with E-state index in [1.54, 1.807) is 6.07 Å². The molecule has 0 radical (unpaired) electrons. The first-order valence-electron chi connectivity index (χ1n) is 10.0. The Hall–Kier alpha value is -2.49. The van der Waals surface area contributed by atoms with Crippen molar-refractivity contribution in [2.24, 2.45) is 11.3 Å². The number of nitrogens with one attached hydrogen (secondary N) is 1. The third-order valence-corrected chi connectivity index (χ3v) is 6.68. The molecule has 2 aliphatic rings. The van der Waals surface area contributed by atoms with Crippen LogP contribution in [-0.2, 0) is 11.3 Å². The number of hydrogen-bond donors (Lipinski definition) is 1. The molecule has 0 amide bonds. The number of nitriles is 1. The normalized spacial score (nSPS) is 21.4. The van der Waals surface area contributed by atoms with E-state index in [1.165, 1.54) is 0 Å². The summed E-state index contributed by atoms with van der Waals surface area (Å²) in [6.45, 7) is 2.16. The highest BCUT2D eigenvalue weighted by Crippen LogP contribution is 2.42. The van der Waals surface area contributed by atoms with Crippen molar-refractivity contribution in [3.8, 4) is 17.5 Å². The number of nitrogens with zero attached hydrogens (tertiary/aromatic N) is 3. The summed E-state index contributed by atoms with van der Waals surface area (Å²) in [6, 6.07) is 15.9. The van der Waals surface area contributed by atoms with E-state index < -0.39 is 5.41 Å². The van der Waals surface area contributed by atoms with Gasteiger partial charge in [0.15, 0.2) is 0 Å². The van der Waals surface area contributed by atoms with E-state index >= 15 is 0 Å². The van der Waals surface area contributed by atoms with Crippen molar-refractivity contribution < 1.29 is 4.79 Å². The first-order chi connectivity index (χ1) is 14.1. The van der Waals surface area contributed by atoms with Gasteiger partial charge in [-0.2, -0.15) is 5.26 Å². The van der Waals surface area contributed by atoms with Crippen LogP contribution in [0.15, 0.2) is 46.9 Å². The minimum absolute atomic E-state index is 0.218. The zero-order valence-corrected chi connectivity index (χ0v) is 17.6. The zero-order valence-electron chi connectivity index (χ0n) is 16.0. The largest absolute Gasteiger partial charge is 0.323 e. The van der Waals surface area contributed by atoms with Crippen LogP contribution in [0.5, 0.6) is 0 Å². The molecule has 5 rings (SSSR count). The number of hydrogen-bond acceptors (Lipinski definition) is 4. The van der Waals surface area contributed by atoms with Gasteiger partial charge in [-0.05, 0) is 56.1 Å². The minimum Gasteiger partial charge on any atom is -0.323 e. The lowest BCUT2D eigenvalue weighted by molar-refractivity contribution is -0.129. The molecule has 1 aliphatic carbocycles. The number of fused-ring (bicyclic) bond motifs is 1. The molecule has 2 heterocycles. The van der Waals surface area contributed by atoms with Gasteiger partial charge in [0.2, 0.25) is 0 Å². The molecule has 2 aromatic carbocycles. The average Bonchev–Trinajstić information content (AvgIpc) is 3.39. The maximum atomic E-state index is 13.3. The van der Waals surface area contributed by atoms with Crippen molar-refractivity contribution in [3.63, 3.8) is 0 Å². The number of halogens is 1. The highest BCUT2D eigenvalue weighted by atomic mass is 79.9. The topological polar surface area (TPSA) is 70.7 Å². The molecule has 1 aliphatic heterocycles. The van der Waals surface area contributed by atoms with E-state index in [9.17, 15) is 10.1 Å². The van der Waals surface area contributed by atoms with Crippen LogP contribution in [0.4, 0.5) is 0 Å². The average molecular weight is 449 g/mol. The molecule has 1 saturated heterocycles. The van der Waals surface area contributed by atoms with E-state index in [0.29, 0.717) is 24.4 Å². The second-order valence-electron chi connectivity index (χ2n) is 8.19. The molecule has 1 saturated carbocycles. The van der Waals surface area contributed by atoms with Gasteiger partial charge in [-0.15, -0.1) is 0 Å². The Labute approximate surface area is 177 Å². The SMILES string of the molecule is N#Cc1ccc2nc(-c3ccc(Br)cc3)n(C[C@]3(C(=O)C4CC4)CCNC3)c2c1. The number of carbonyl (C=O) groups excluding carboxylic acids is 1. The third-order valence-electron chi connectivity index (χ3n) is 6.16. The first-order valence-corrected chi connectivity index (χ1v) is 10.8. The Morgan fingerprint density at radius 3 is 2.72 bits per heavy atom. The predicted molar refractivity (Wildman–Crippen MR) is 115 cm³/mol. The summed E-state index contributed by atoms with van der Waals surface area (Å²) in [5.41, 5.74) is 2.97. The van der Waals surface area contributed by atoms with Crippen molar-refractivity contribution in [2.45, 2.75) is 25.8 Å². The number of imidazole rings is 1. The van der Waals surface area contributed by atoms with Gasteiger partial charge in [0.1, 0.15) is 11.6 Å². The monoisotopic (exact) mass is 448 g/mol. The maximum absolute atomic E-state index is 13.3. The Kier molecular flexibility index (Phi) is 4.53.